The second-order valence-corrected chi connectivity index (χ2v) is 6.82. The number of fused-ring (bicyclic) bond motifs is 1. The van der Waals surface area contributed by atoms with Crippen molar-refractivity contribution >= 4 is 11.9 Å². The Kier molecular flexibility index (Phi) is 6.31. The maximum Gasteiger partial charge on any atom is 0.326 e. The number of ether oxygens (including phenoxy) is 4. The summed E-state index contributed by atoms with van der Waals surface area (Å²) in [6.07, 6.45) is 0.153. The van der Waals surface area contributed by atoms with Crippen LogP contribution < -0.4 is 19.5 Å². The van der Waals surface area contributed by atoms with E-state index in [-0.39, 0.29) is 24.2 Å². The van der Waals surface area contributed by atoms with E-state index in [1.165, 1.54) is 19.2 Å². The fourth-order valence-corrected chi connectivity index (χ4v) is 2.39. The highest BCUT2D eigenvalue weighted by Crippen LogP contribution is 2.40. The number of rotatable bonds is 7. The summed E-state index contributed by atoms with van der Waals surface area (Å²) < 4.78 is 21.8. The van der Waals surface area contributed by atoms with E-state index < -0.39 is 17.9 Å². The molecule has 2 N–H and O–H groups in total. The molecule has 1 amide bonds. The van der Waals surface area contributed by atoms with Crippen LogP contribution in [0.1, 0.15) is 37.6 Å². The van der Waals surface area contributed by atoms with E-state index >= 15 is 0 Å². The van der Waals surface area contributed by atoms with Gasteiger partial charge in [0.2, 0.25) is 5.75 Å². The molecule has 2 rings (SSSR count). The van der Waals surface area contributed by atoms with Gasteiger partial charge in [0.05, 0.1) is 12.7 Å². The van der Waals surface area contributed by atoms with Crippen molar-refractivity contribution in [3.05, 3.63) is 17.7 Å². The van der Waals surface area contributed by atoms with E-state index in [0.717, 1.165) is 0 Å². The van der Waals surface area contributed by atoms with Gasteiger partial charge in [0, 0.05) is 18.6 Å². The Morgan fingerprint density at radius 2 is 1.96 bits per heavy atom. The molecule has 0 radical (unpaired) electrons. The predicted octanol–water partition coefficient (Wildman–Crippen LogP) is 1.85. The third-order valence-electron chi connectivity index (χ3n) is 3.64. The lowest BCUT2D eigenvalue weighted by molar-refractivity contribution is -0.140. The summed E-state index contributed by atoms with van der Waals surface area (Å²) in [7, 11) is 1.46. The highest BCUT2D eigenvalue weighted by atomic mass is 16.6. The Bertz CT molecular complexity index is 649. The number of nitrogens with one attached hydrogen (secondary N) is 1. The molecular weight excluding hydrogens is 342 g/mol. The third kappa shape index (κ3) is 5.26. The molecule has 1 aromatic carbocycles. The van der Waals surface area contributed by atoms with E-state index in [9.17, 15) is 14.7 Å². The van der Waals surface area contributed by atoms with E-state index in [2.05, 4.69) is 5.32 Å². The van der Waals surface area contributed by atoms with E-state index in [0.29, 0.717) is 30.5 Å². The number of carboxylic acid groups (broad SMARTS) is 1. The van der Waals surface area contributed by atoms with Gasteiger partial charge >= 0.3 is 5.97 Å². The Balaban J connectivity index is 2.10. The zero-order chi connectivity index (χ0) is 19.3. The molecular formula is C18H25NO7. The summed E-state index contributed by atoms with van der Waals surface area (Å²) in [4.78, 5) is 23.9. The lowest BCUT2D eigenvalue weighted by atomic mass is 10.1. The van der Waals surface area contributed by atoms with Crippen molar-refractivity contribution in [3.8, 4) is 17.2 Å². The van der Waals surface area contributed by atoms with Gasteiger partial charge in [0.1, 0.15) is 19.3 Å². The number of methoxy groups -OCH3 is 1. The van der Waals surface area contributed by atoms with Crippen LogP contribution in [0.3, 0.4) is 0 Å². The second-order valence-electron chi connectivity index (χ2n) is 6.82. The average Bonchev–Trinajstić information content (AvgIpc) is 2.58. The summed E-state index contributed by atoms with van der Waals surface area (Å²) in [6.45, 7) is 6.60. The Morgan fingerprint density at radius 1 is 1.27 bits per heavy atom. The number of hydrogen-bond acceptors (Lipinski definition) is 6. The first-order valence-electron chi connectivity index (χ1n) is 8.36. The molecule has 144 valence electrons. The SMILES string of the molecule is COc1cc(C(=O)NC(CCOC(C)(C)C)C(=O)O)cc2c1OCCO2. The first-order valence-corrected chi connectivity index (χ1v) is 8.36. The number of carboxylic acids is 1. The number of hydrogen-bond donors (Lipinski definition) is 2. The molecule has 1 aromatic rings. The smallest absolute Gasteiger partial charge is 0.326 e. The molecule has 8 heteroatoms. The van der Waals surface area contributed by atoms with Crippen LogP contribution in [-0.2, 0) is 9.53 Å². The van der Waals surface area contributed by atoms with Crippen molar-refractivity contribution in [2.75, 3.05) is 26.9 Å². The minimum atomic E-state index is -1.12. The molecule has 0 bridgehead atoms. The van der Waals surface area contributed by atoms with Crippen LogP contribution in [0, 0.1) is 0 Å². The highest BCUT2D eigenvalue weighted by molar-refractivity contribution is 5.97. The van der Waals surface area contributed by atoms with Crippen molar-refractivity contribution in [2.45, 2.75) is 38.8 Å². The van der Waals surface area contributed by atoms with Gasteiger partial charge in [0.25, 0.3) is 5.91 Å². The van der Waals surface area contributed by atoms with Gasteiger partial charge < -0.3 is 29.4 Å². The van der Waals surface area contributed by atoms with Crippen LogP contribution >= 0.6 is 0 Å². The molecule has 1 aliphatic heterocycles. The highest BCUT2D eigenvalue weighted by Gasteiger charge is 2.25. The minimum Gasteiger partial charge on any atom is -0.493 e. The van der Waals surface area contributed by atoms with Gasteiger partial charge in [-0.05, 0) is 32.9 Å². The predicted molar refractivity (Wildman–Crippen MR) is 93.2 cm³/mol. The normalized spacial score (nSPS) is 14.5. The van der Waals surface area contributed by atoms with E-state index in [4.69, 9.17) is 18.9 Å². The number of benzene rings is 1. The molecule has 1 unspecified atom stereocenters. The van der Waals surface area contributed by atoms with Gasteiger partial charge in [-0.1, -0.05) is 0 Å². The molecule has 0 spiro atoms. The number of aliphatic carboxylic acids is 1. The third-order valence-corrected chi connectivity index (χ3v) is 3.64. The van der Waals surface area contributed by atoms with Crippen LogP contribution in [0.15, 0.2) is 12.1 Å². The van der Waals surface area contributed by atoms with E-state index in [1.54, 1.807) is 0 Å². The lowest BCUT2D eigenvalue weighted by Crippen LogP contribution is -2.42. The molecule has 0 fully saturated rings. The topological polar surface area (TPSA) is 103 Å². The standard InChI is InChI=1S/C18H25NO7/c1-18(2,3)26-6-5-12(17(21)22)19-16(20)11-9-13(23-4)15-14(10-11)24-7-8-25-15/h9-10,12H,5-8H2,1-4H3,(H,19,20)(H,21,22). The molecule has 0 aromatic heterocycles. The summed E-state index contributed by atoms with van der Waals surface area (Å²) in [6, 6.07) is 1.94. The van der Waals surface area contributed by atoms with Crippen LogP contribution in [0.2, 0.25) is 0 Å². The molecule has 1 heterocycles. The second kappa shape index (κ2) is 8.27. The first kappa shape index (κ1) is 19.8. The quantitative estimate of drug-likeness (QED) is 0.758. The van der Waals surface area contributed by atoms with Crippen LogP contribution in [0.4, 0.5) is 0 Å². The fraction of sp³-hybridized carbons (Fsp3) is 0.556. The number of carbonyl (C=O) groups excluding carboxylic acids is 1. The zero-order valence-electron chi connectivity index (χ0n) is 15.5. The number of carbonyl (C=O) groups is 2. The summed E-state index contributed by atoms with van der Waals surface area (Å²) >= 11 is 0. The van der Waals surface area contributed by atoms with Crippen LogP contribution in [-0.4, -0.2) is 55.6 Å². The molecule has 0 aliphatic carbocycles. The first-order chi connectivity index (χ1) is 12.2. The van der Waals surface area contributed by atoms with Crippen LogP contribution in [0.5, 0.6) is 17.2 Å². The maximum absolute atomic E-state index is 12.5. The Labute approximate surface area is 152 Å². The van der Waals surface area contributed by atoms with Crippen LogP contribution in [0.25, 0.3) is 0 Å². The molecule has 1 aliphatic rings. The summed E-state index contributed by atoms with van der Waals surface area (Å²) in [5.41, 5.74) is -0.148. The fourth-order valence-electron chi connectivity index (χ4n) is 2.39. The van der Waals surface area contributed by atoms with Crippen molar-refractivity contribution in [2.24, 2.45) is 0 Å². The maximum atomic E-state index is 12.5. The molecule has 0 saturated carbocycles. The Hall–Kier alpha value is -2.48. The largest absolute Gasteiger partial charge is 0.493 e. The average molecular weight is 367 g/mol. The van der Waals surface area contributed by atoms with E-state index in [1.807, 2.05) is 20.8 Å². The zero-order valence-corrected chi connectivity index (χ0v) is 15.5. The van der Waals surface area contributed by atoms with Crippen molar-refractivity contribution in [3.63, 3.8) is 0 Å². The Morgan fingerprint density at radius 3 is 2.58 bits per heavy atom. The van der Waals surface area contributed by atoms with Gasteiger partial charge in [0.15, 0.2) is 11.5 Å². The molecule has 1 atom stereocenters. The van der Waals surface area contributed by atoms with Crippen molar-refractivity contribution in [1.29, 1.82) is 0 Å². The van der Waals surface area contributed by atoms with Gasteiger partial charge in [-0.2, -0.15) is 0 Å². The van der Waals surface area contributed by atoms with Crippen molar-refractivity contribution < 1.29 is 33.6 Å². The van der Waals surface area contributed by atoms with Gasteiger partial charge in [-0.3, -0.25) is 4.79 Å². The van der Waals surface area contributed by atoms with Gasteiger partial charge in [-0.15, -0.1) is 0 Å². The van der Waals surface area contributed by atoms with Crippen molar-refractivity contribution in [1.82, 2.24) is 5.32 Å². The molecule has 26 heavy (non-hydrogen) atoms. The number of amides is 1. The molecule has 0 saturated heterocycles. The lowest BCUT2D eigenvalue weighted by Gasteiger charge is -2.23. The summed E-state index contributed by atoms with van der Waals surface area (Å²) in [5, 5.41) is 11.9. The minimum absolute atomic E-state index is 0.153. The summed E-state index contributed by atoms with van der Waals surface area (Å²) in [5.74, 6) is -0.480. The van der Waals surface area contributed by atoms with Gasteiger partial charge in [-0.25, -0.2) is 4.79 Å². The monoisotopic (exact) mass is 367 g/mol. The molecule has 8 nitrogen and oxygen atoms in total.